The summed E-state index contributed by atoms with van der Waals surface area (Å²) in [7, 11) is 1.54. The van der Waals surface area contributed by atoms with Crippen molar-refractivity contribution in [3.8, 4) is 5.75 Å². The number of nitrogens with zero attached hydrogens (tertiary/aromatic N) is 1. The first-order valence-electron chi connectivity index (χ1n) is 6.63. The molecule has 2 rings (SSSR count). The highest BCUT2D eigenvalue weighted by Gasteiger charge is 2.07. The van der Waals surface area contributed by atoms with Crippen molar-refractivity contribution in [1.82, 2.24) is 0 Å². The van der Waals surface area contributed by atoms with Crippen LogP contribution in [0.5, 0.6) is 5.75 Å². The van der Waals surface area contributed by atoms with Gasteiger partial charge < -0.3 is 14.9 Å². The van der Waals surface area contributed by atoms with Crippen LogP contribution in [0.4, 0.5) is 10.1 Å². The van der Waals surface area contributed by atoms with Gasteiger partial charge in [0, 0.05) is 10.6 Å². The minimum atomic E-state index is -0.622. The molecule has 0 aliphatic rings. The molecule has 0 aromatic heterocycles. The zero-order valence-electron chi connectivity index (χ0n) is 12.3. The molecule has 2 aromatic carbocycles. The van der Waals surface area contributed by atoms with Crippen molar-refractivity contribution >= 4 is 29.4 Å². The van der Waals surface area contributed by atoms with Crippen molar-refractivity contribution in [1.29, 1.82) is 0 Å². The Morgan fingerprint density at radius 3 is 2.87 bits per heavy atom. The molecule has 7 heteroatoms. The predicted molar refractivity (Wildman–Crippen MR) is 86.6 cm³/mol. The normalized spacial score (nSPS) is 10.6. The van der Waals surface area contributed by atoms with Crippen LogP contribution in [0.15, 0.2) is 47.6 Å². The maximum atomic E-state index is 13.5. The molecule has 0 unspecified atom stereocenters. The van der Waals surface area contributed by atoms with Crippen LogP contribution in [-0.2, 0) is 9.63 Å². The highest BCUT2D eigenvalue weighted by Crippen LogP contribution is 2.18. The van der Waals surface area contributed by atoms with Crippen LogP contribution in [0.25, 0.3) is 0 Å². The minimum absolute atomic E-state index is 0.0247. The summed E-state index contributed by atoms with van der Waals surface area (Å²) in [6.07, 6.45) is 1.43. The number of oxime groups is 1. The molecular formula is C16H14ClFN2O3. The van der Waals surface area contributed by atoms with Gasteiger partial charge in [-0.25, -0.2) is 4.39 Å². The molecule has 120 valence electrons. The first-order valence-corrected chi connectivity index (χ1v) is 7.01. The standard InChI is InChI=1S/C16H14ClFN2O3/c1-22-15-5-3-2-4-11(15)9-19-23-10-16(21)20-14-7-6-12(17)8-13(14)18/h2-9H,10H2,1H3,(H,20,21)/b19-9-. The number of rotatable bonds is 6. The highest BCUT2D eigenvalue weighted by molar-refractivity contribution is 6.30. The van der Waals surface area contributed by atoms with Crippen LogP contribution in [0.1, 0.15) is 5.56 Å². The summed E-state index contributed by atoms with van der Waals surface area (Å²) < 4.78 is 18.7. The van der Waals surface area contributed by atoms with Crippen LogP contribution in [0.3, 0.4) is 0 Å². The molecule has 0 saturated carbocycles. The van der Waals surface area contributed by atoms with Crippen molar-refractivity contribution in [2.24, 2.45) is 5.16 Å². The summed E-state index contributed by atoms with van der Waals surface area (Å²) in [6, 6.07) is 11.2. The van der Waals surface area contributed by atoms with Gasteiger partial charge in [0.05, 0.1) is 19.0 Å². The van der Waals surface area contributed by atoms with Crippen molar-refractivity contribution in [2.45, 2.75) is 0 Å². The number of para-hydroxylation sites is 1. The Kier molecular flexibility index (Phi) is 5.94. The fourth-order valence-corrected chi connectivity index (χ4v) is 1.90. The fourth-order valence-electron chi connectivity index (χ4n) is 1.74. The maximum Gasteiger partial charge on any atom is 0.265 e. The molecule has 23 heavy (non-hydrogen) atoms. The maximum absolute atomic E-state index is 13.5. The summed E-state index contributed by atoms with van der Waals surface area (Å²) in [5.74, 6) is -0.528. The molecule has 0 saturated heterocycles. The molecule has 0 fully saturated rings. The van der Waals surface area contributed by atoms with E-state index in [4.69, 9.17) is 21.2 Å². The van der Waals surface area contributed by atoms with Gasteiger partial charge in [-0.05, 0) is 30.3 Å². The molecule has 5 nitrogen and oxygen atoms in total. The van der Waals surface area contributed by atoms with Gasteiger partial charge in [-0.2, -0.15) is 0 Å². The highest BCUT2D eigenvalue weighted by atomic mass is 35.5. The van der Waals surface area contributed by atoms with E-state index in [9.17, 15) is 9.18 Å². The third-order valence-corrected chi connectivity index (χ3v) is 3.04. The van der Waals surface area contributed by atoms with Crippen molar-refractivity contribution in [3.63, 3.8) is 0 Å². The first-order chi connectivity index (χ1) is 11.1. The van der Waals surface area contributed by atoms with E-state index in [0.717, 1.165) is 6.07 Å². The van der Waals surface area contributed by atoms with Gasteiger partial charge in [0.15, 0.2) is 6.61 Å². The fraction of sp³-hybridized carbons (Fsp3) is 0.125. The second-order valence-electron chi connectivity index (χ2n) is 4.42. The smallest absolute Gasteiger partial charge is 0.265 e. The minimum Gasteiger partial charge on any atom is -0.496 e. The number of hydrogen-bond donors (Lipinski definition) is 1. The number of methoxy groups -OCH3 is 1. The second kappa shape index (κ2) is 8.14. The third kappa shape index (κ3) is 4.96. The summed E-state index contributed by atoms with van der Waals surface area (Å²) in [5, 5.41) is 6.30. The van der Waals surface area contributed by atoms with Crippen molar-refractivity contribution < 1.29 is 18.8 Å². The second-order valence-corrected chi connectivity index (χ2v) is 4.86. The van der Waals surface area contributed by atoms with Crippen LogP contribution >= 0.6 is 11.6 Å². The van der Waals surface area contributed by atoms with Crippen LogP contribution in [0, 0.1) is 5.82 Å². The molecule has 1 N–H and O–H groups in total. The van der Waals surface area contributed by atoms with Gasteiger partial charge in [0.2, 0.25) is 0 Å². The monoisotopic (exact) mass is 336 g/mol. The third-order valence-electron chi connectivity index (χ3n) is 2.81. The number of amides is 1. The van der Waals surface area contributed by atoms with E-state index in [0.29, 0.717) is 11.3 Å². The lowest BCUT2D eigenvalue weighted by Gasteiger charge is -2.06. The van der Waals surface area contributed by atoms with Gasteiger partial charge in [0.25, 0.3) is 5.91 Å². The number of anilines is 1. The number of ether oxygens (including phenoxy) is 1. The van der Waals surface area contributed by atoms with Crippen LogP contribution in [0.2, 0.25) is 5.02 Å². The molecule has 2 aromatic rings. The predicted octanol–water partition coefficient (Wildman–Crippen LogP) is 3.48. The lowest BCUT2D eigenvalue weighted by Crippen LogP contribution is -2.17. The number of benzene rings is 2. The van der Waals surface area contributed by atoms with Gasteiger partial charge >= 0.3 is 0 Å². The van der Waals surface area contributed by atoms with E-state index in [-0.39, 0.29) is 17.3 Å². The number of halogens is 2. The van der Waals surface area contributed by atoms with E-state index in [2.05, 4.69) is 10.5 Å². The summed E-state index contributed by atoms with van der Waals surface area (Å²) in [5.41, 5.74) is 0.732. The van der Waals surface area contributed by atoms with Gasteiger partial charge in [-0.1, -0.05) is 28.9 Å². The lowest BCUT2D eigenvalue weighted by atomic mass is 10.2. The molecule has 0 aliphatic carbocycles. The number of hydrogen-bond acceptors (Lipinski definition) is 4. The zero-order valence-corrected chi connectivity index (χ0v) is 13.0. The first kappa shape index (κ1) is 16.8. The van der Waals surface area contributed by atoms with E-state index in [1.54, 1.807) is 19.2 Å². The van der Waals surface area contributed by atoms with E-state index in [1.807, 2.05) is 12.1 Å². The van der Waals surface area contributed by atoms with E-state index >= 15 is 0 Å². The van der Waals surface area contributed by atoms with Crippen molar-refractivity contribution in [3.05, 3.63) is 58.9 Å². The Morgan fingerprint density at radius 2 is 2.13 bits per heavy atom. The average Bonchev–Trinajstić information content (AvgIpc) is 2.54. The molecule has 0 aliphatic heterocycles. The zero-order chi connectivity index (χ0) is 16.7. The van der Waals surface area contributed by atoms with E-state index in [1.165, 1.54) is 18.3 Å². The molecule has 1 amide bonds. The van der Waals surface area contributed by atoms with Crippen LogP contribution in [-0.4, -0.2) is 25.8 Å². The van der Waals surface area contributed by atoms with Crippen molar-refractivity contribution in [2.75, 3.05) is 19.0 Å². The quantitative estimate of drug-likeness (QED) is 0.649. The molecule has 0 heterocycles. The summed E-state index contributed by atoms with van der Waals surface area (Å²) >= 11 is 5.63. The Morgan fingerprint density at radius 1 is 1.35 bits per heavy atom. The Labute approximate surface area is 137 Å². The van der Waals surface area contributed by atoms with Gasteiger partial charge in [0.1, 0.15) is 11.6 Å². The molecule has 0 atom stereocenters. The van der Waals surface area contributed by atoms with Gasteiger partial charge in [-0.3, -0.25) is 4.79 Å². The average molecular weight is 337 g/mol. The number of carbonyl (C=O) groups is 1. The lowest BCUT2D eigenvalue weighted by molar-refractivity contribution is -0.120. The van der Waals surface area contributed by atoms with E-state index < -0.39 is 11.7 Å². The number of carbonyl (C=O) groups excluding carboxylic acids is 1. The number of nitrogens with one attached hydrogen (secondary N) is 1. The molecular weight excluding hydrogens is 323 g/mol. The SMILES string of the molecule is COc1ccccc1/C=N\OCC(=O)Nc1ccc(Cl)cc1F. The Bertz CT molecular complexity index is 722. The van der Waals surface area contributed by atoms with Crippen LogP contribution < -0.4 is 10.1 Å². The summed E-state index contributed by atoms with van der Waals surface area (Å²) in [6.45, 7) is -0.353. The Balaban J connectivity index is 1.86. The molecule has 0 bridgehead atoms. The largest absolute Gasteiger partial charge is 0.496 e. The Hall–Kier alpha value is -2.60. The topological polar surface area (TPSA) is 59.9 Å². The molecule has 0 radical (unpaired) electrons. The van der Waals surface area contributed by atoms with Gasteiger partial charge in [-0.15, -0.1) is 0 Å². The molecule has 0 spiro atoms. The summed E-state index contributed by atoms with van der Waals surface area (Å²) in [4.78, 5) is 16.5.